The van der Waals surface area contributed by atoms with Crippen LogP contribution in [-0.2, 0) is 9.59 Å². The number of hydrogen-bond acceptors (Lipinski definition) is 4. The van der Waals surface area contributed by atoms with E-state index in [1.165, 1.54) is 0 Å². The second-order valence-corrected chi connectivity index (χ2v) is 5.89. The number of aliphatic hydroxyl groups is 1. The fraction of sp³-hybridized carbons (Fsp3) is 0.500. The lowest BCUT2D eigenvalue weighted by Gasteiger charge is -2.21. The third kappa shape index (κ3) is 3.24. The Hall–Kier alpha value is -1.88. The van der Waals surface area contributed by atoms with Gasteiger partial charge in [-0.15, -0.1) is 0 Å². The van der Waals surface area contributed by atoms with Gasteiger partial charge in [-0.25, -0.2) is 0 Å². The van der Waals surface area contributed by atoms with Crippen LogP contribution < -0.4 is 4.74 Å². The fourth-order valence-electron chi connectivity index (χ4n) is 2.44. The van der Waals surface area contributed by atoms with Gasteiger partial charge in [0.25, 0.3) is 0 Å². The van der Waals surface area contributed by atoms with Gasteiger partial charge >= 0.3 is 0 Å². The number of imide groups is 1. The van der Waals surface area contributed by atoms with Crippen molar-refractivity contribution in [1.29, 1.82) is 0 Å². The lowest BCUT2D eigenvalue weighted by molar-refractivity contribution is -0.142. The van der Waals surface area contributed by atoms with Crippen molar-refractivity contribution in [3.05, 3.63) is 29.8 Å². The molecular weight excluding hydrogens is 270 g/mol. The number of nitrogens with zero attached hydrogens (tertiary/aromatic N) is 1. The summed E-state index contributed by atoms with van der Waals surface area (Å²) in [5, 5.41) is 10.2. The maximum atomic E-state index is 12.1. The van der Waals surface area contributed by atoms with Crippen molar-refractivity contribution in [2.24, 2.45) is 5.41 Å². The van der Waals surface area contributed by atoms with Crippen LogP contribution in [0.5, 0.6) is 5.75 Å². The molecule has 5 nitrogen and oxygen atoms in total. The van der Waals surface area contributed by atoms with E-state index in [9.17, 15) is 14.7 Å². The van der Waals surface area contributed by atoms with Crippen LogP contribution in [0.15, 0.2) is 24.3 Å². The maximum absolute atomic E-state index is 12.1. The third-order valence-corrected chi connectivity index (χ3v) is 3.65. The molecule has 1 heterocycles. The molecule has 114 valence electrons. The van der Waals surface area contributed by atoms with Gasteiger partial charge in [-0.1, -0.05) is 26.0 Å². The normalized spacial score (nSPS) is 19.0. The molecule has 1 fully saturated rings. The minimum atomic E-state index is -0.887. The van der Waals surface area contributed by atoms with E-state index >= 15 is 0 Å². The van der Waals surface area contributed by atoms with Crippen LogP contribution in [0.3, 0.4) is 0 Å². The third-order valence-electron chi connectivity index (χ3n) is 3.65. The van der Waals surface area contributed by atoms with E-state index in [-0.39, 0.29) is 24.8 Å². The first-order valence-corrected chi connectivity index (χ1v) is 7.11. The lowest BCUT2D eigenvalue weighted by atomic mass is 9.92. The zero-order valence-corrected chi connectivity index (χ0v) is 12.6. The summed E-state index contributed by atoms with van der Waals surface area (Å²) in [6, 6.07) is 7.01. The summed E-state index contributed by atoms with van der Waals surface area (Å²) in [6.45, 7) is 5.96. The van der Waals surface area contributed by atoms with E-state index in [0.29, 0.717) is 12.2 Å². The van der Waals surface area contributed by atoms with Gasteiger partial charge in [-0.2, -0.15) is 0 Å². The Kier molecular flexibility index (Phi) is 4.32. The van der Waals surface area contributed by atoms with E-state index in [0.717, 1.165) is 10.6 Å². The molecule has 0 aromatic heterocycles. The topological polar surface area (TPSA) is 66.8 Å². The van der Waals surface area contributed by atoms with E-state index in [1.54, 1.807) is 38.1 Å². The van der Waals surface area contributed by atoms with Crippen LogP contribution in [0.1, 0.15) is 38.9 Å². The molecule has 1 aliphatic rings. The number of rotatable bonds is 5. The number of likely N-dealkylation sites (tertiary alicyclic amines) is 1. The van der Waals surface area contributed by atoms with Gasteiger partial charge in [0.05, 0.1) is 24.7 Å². The van der Waals surface area contributed by atoms with Crippen molar-refractivity contribution in [2.45, 2.75) is 33.3 Å². The molecule has 0 spiro atoms. The molecule has 1 N–H and O–H groups in total. The molecule has 0 aliphatic carbocycles. The maximum Gasteiger partial charge on any atom is 0.235 e. The number of aliphatic hydroxyl groups excluding tert-OH is 1. The highest BCUT2D eigenvalue weighted by Crippen LogP contribution is 2.32. The largest absolute Gasteiger partial charge is 0.494 e. The first-order valence-electron chi connectivity index (χ1n) is 7.11. The minimum absolute atomic E-state index is 0.00488. The molecule has 1 aromatic carbocycles. The van der Waals surface area contributed by atoms with Crippen molar-refractivity contribution in [2.75, 3.05) is 13.2 Å². The van der Waals surface area contributed by atoms with Gasteiger partial charge in [-0.3, -0.25) is 14.5 Å². The average molecular weight is 291 g/mol. The number of carbonyl (C=O) groups excluding carboxylic acids is 2. The molecule has 5 heteroatoms. The molecule has 2 amide bonds. The first kappa shape index (κ1) is 15.5. The zero-order valence-electron chi connectivity index (χ0n) is 12.6. The van der Waals surface area contributed by atoms with E-state index in [2.05, 4.69) is 0 Å². The smallest absolute Gasteiger partial charge is 0.235 e. The van der Waals surface area contributed by atoms with Gasteiger partial charge in [0.15, 0.2) is 0 Å². The number of β-amino-alcohol motifs (C(OH)–C–C–N with tert-alkyl or cyclic N) is 1. The molecule has 2 rings (SSSR count). The highest BCUT2D eigenvalue weighted by molar-refractivity contribution is 6.05. The summed E-state index contributed by atoms with van der Waals surface area (Å²) in [5.74, 6) is 0.274. The number of hydrogen-bond donors (Lipinski definition) is 1. The Balaban J connectivity index is 2.06. The van der Waals surface area contributed by atoms with Crippen molar-refractivity contribution in [1.82, 2.24) is 4.90 Å². The quantitative estimate of drug-likeness (QED) is 0.841. The molecule has 0 saturated carbocycles. The van der Waals surface area contributed by atoms with Crippen molar-refractivity contribution >= 4 is 11.8 Å². The lowest BCUT2D eigenvalue weighted by Crippen LogP contribution is -2.36. The summed E-state index contributed by atoms with van der Waals surface area (Å²) >= 11 is 0. The summed E-state index contributed by atoms with van der Waals surface area (Å²) in [5.41, 5.74) is -0.0147. The van der Waals surface area contributed by atoms with E-state index in [4.69, 9.17) is 4.74 Å². The van der Waals surface area contributed by atoms with Crippen LogP contribution in [0.2, 0.25) is 0 Å². The standard InChI is InChI=1S/C16H21NO4/c1-4-21-12-7-5-11(6-8-12)13(18)10-17-14(19)9-16(2,3)15(17)20/h5-8,13,18H,4,9-10H2,1-3H3. The number of ether oxygens (including phenoxy) is 1. The molecular formula is C16H21NO4. The molecule has 1 aliphatic heterocycles. The van der Waals surface area contributed by atoms with Crippen molar-refractivity contribution in [3.63, 3.8) is 0 Å². The fourth-order valence-corrected chi connectivity index (χ4v) is 2.44. The zero-order chi connectivity index (χ0) is 15.6. The Morgan fingerprint density at radius 2 is 1.90 bits per heavy atom. The van der Waals surface area contributed by atoms with Crippen LogP contribution in [0.25, 0.3) is 0 Å². The van der Waals surface area contributed by atoms with Gasteiger partial charge in [0.1, 0.15) is 5.75 Å². The molecule has 1 saturated heterocycles. The average Bonchev–Trinajstić information content (AvgIpc) is 2.62. The number of carbonyl (C=O) groups is 2. The minimum Gasteiger partial charge on any atom is -0.494 e. The number of benzene rings is 1. The summed E-state index contributed by atoms with van der Waals surface area (Å²) < 4.78 is 5.34. The Bertz CT molecular complexity index is 536. The van der Waals surface area contributed by atoms with Crippen LogP contribution >= 0.6 is 0 Å². The molecule has 0 radical (unpaired) electrons. The second kappa shape index (κ2) is 5.85. The SMILES string of the molecule is CCOc1ccc(C(O)CN2C(=O)CC(C)(C)C2=O)cc1. The summed E-state index contributed by atoms with van der Waals surface area (Å²) in [4.78, 5) is 25.2. The van der Waals surface area contributed by atoms with Gasteiger partial charge in [0.2, 0.25) is 11.8 Å². The van der Waals surface area contributed by atoms with Gasteiger partial charge in [-0.05, 0) is 24.6 Å². The Labute approximate surface area is 124 Å². The molecule has 1 unspecified atom stereocenters. The van der Waals surface area contributed by atoms with E-state index < -0.39 is 11.5 Å². The molecule has 1 aromatic rings. The van der Waals surface area contributed by atoms with Crippen molar-refractivity contribution < 1.29 is 19.4 Å². The van der Waals surface area contributed by atoms with Gasteiger partial charge in [0, 0.05) is 6.42 Å². The number of amides is 2. The predicted molar refractivity (Wildman–Crippen MR) is 77.7 cm³/mol. The molecule has 1 atom stereocenters. The summed E-state index contributed by atoms with van der Waals surface area (Å²) in [7, 11) is 0. The highest BCUT2D eigenvalue weighted by Gasteiger charge is 2.45. The molecule has 0 bridgehead atoms. The Morgan fingerprint density at radius 3 is 2.38 bits per heavy atom. The first-order chi connectivity index (χ1) is 9.85. The van der Waals surface area contributed by atoms with E-state index in [1.807, 2.05) is 6.92 Å². The van der Waals surface area contributed by atoms with Crippen LogP contribution in [-0.4, -0.2) is 35.0 Å². The van der Waals surface area contributed by atoms with Crippen LogP contribution in [0, 0.1) is 5.41 Å². The second-order valence-electron chi connectivity index (χ2n) is 5.89. The highest BCUT2D eigenvalue weighted by atomic mass is 16.5. The molecule has 21 heavy (non-hydrogen) atoms. The monoisotopic (exact) mass is 291 g/mol. The summed E-state index contributed by atoms with van der Waals surface area (Å²) in [6.07, 6.45) is -0.690. The predicted octanol–water partition coefficient (Wildman–Crippen LogP) is 1.90. The Morgan fingerprint density at radius 1 is 1.29 bits per heavy atom. The van der Waals surface area contributed by atoms with Crippen molar-refractivity contribution in [3.8, 4) is 5.75 Å². The van der Waals surface area contributed by atoms with Gasteiger partial charge < -0.3 is 9.84 Å². The van der Waals surface area contributed by atoms with Crippen LogP contribution in [0.4, 0.5) is 0 Å².